The number of sulfone groups is 1. The summed E-state index contributed by atoms with van der Waals surface area (Å²) in [4.78, 5) is 0.367. The molecule has 21 heavy (non-hydrogen) atoms. The summed E-state index contributed by atoms with van der Waals surface area (Å²) in [5.41, 5.74) is 3.14. The highest BCUT2D eigenvalue weighted by Gasteiger charge is 2.11. The van der Waals surface area contributed by atoms with Gasteiger partial charge in [-0.25, -0.2) is 8.42 Å². The SMILES string of the molecule is CCc1nn(C)cc1CNc1ccc(S(=O)(=O)CC)cc1. The van der Waals surface area contributed by atoms with Gasteiger partial charge in [0, 0.05) is 31.0 Å². The molecule has 0 bridgehead atoms. The molecular formula is C15H21N3O2S. The van der Waals surface area contributed by atoms with Crippen molar-refractivity contribution >= 4 is 15.5 Å². The van der Waals surface area contributed by atoms with Crippen LogP contribution in [0.3, 0.4) is 0 Å². The molecule has 0 aliphatic heterocycles. The molecule has 0 aliphatic rings. The van der Waals surface area contributed by atoms with Crippen LogP contribution in [0.15, 0.2) is 35.4 Å². The maximum Gasteiger partial charge on any atom is 0.178 e. The van der Waals surface area contributed by atoms with E-state index in [0.29, 0.717) is 11.4 Å². The molecule has 2 aromatic rings. The number of rotatable bonds is 6. The molecule has 114 valence electrons. The van der Waals surface area contributed by atoms with Crippen LogP contribution in [-0.4, -0.2) is 24.0 Å². The lowest BCUT2D eigenvalue weighted by atomic mass is 10.2. The number of aromatic nitrogens is 2. The first-order valence-corrected chi connectivity index (χ1v) is 8.69. The largest absolute Gasteiger partial charge is 0.381 e. The van der Waals surface area contributed by atoms with E-state index in [1.54, 1.807) is 31.2 Å². The maximum absolute atomic E-state index is 11.7. The number of benzene rings is 1. The lowest BCUT2D eigenvalue weighted by Crippen LogP contribution is -2.04. The van der Waals surface area contributed by atoms with Crippen molar-refractivity contribution in [3.05, 3.63) is 41.7 Å². The third-order valence-electron chi connectivity index (χ3n) is 3.40. The fourth-order valence-electron chi connectivity index (χ4n) is 2.17. The lowest BCUT2D eigenvalue weighted by Gasteiger charge is -2.07. The van der Waals surface area contributed by atoms with E-state index in [1.807, 2.05) is 17.9 Å². The van der Waals surface area contributed by atoms with Gasteiger partial charge in [-0.15, -0.1) is 0 Å². The summed E-state index contributed by atoms with van der Waals surface area (Å²) in [7, 11) is -1.22. The second kappa shape index (κ2) is 6.30. The van der Waals surface area contributed by atoms with Gasteiger partial charge in [0.2, 0.25) is 0 Å². The fraction of sp³-hybridized carbons (Fsp3) is 0.400. The average Bonchev–Trinajstić information content (AvgIpc) is 2.85. The molecule has 1 heterocycles. The minimum atomic E-state index is -3.13. The van der Waals surface area contributed by atoms with Crippen LogP contribution in [0.25, 0.3) is 0 Å². The number of nitrogens with one attached hydrogen (secondary N) is 1. The maximum atomic E-state index is 11.7. The van der Waals surface area contributed by atoms with Gasteiger partial charge in [-0.1, -0.05) is 13.8 Å². The first-order chi connectivity index (χ1) is 9.96. The van der Waals surface area contributed by atoms with Crippen LogP contribution in [-0.2, 0) is 29.9 Å². The molecule has 1 N–H and O–H groups in total. The van der Waals surface area contributed by atoms with Crippen LogP contribution in [0.1, 0.15) is 25.1 Å². The van der Waals surface area contributed by atoms with Crippen LogP contribution in [0, 0.1) is 0 Å². The van der Waals surface area contributed by atoms with Crippen molar-refractivity contribution in [2.75, 3.05) is 11.1 Å². The third kappa shape index (κ3) is 3.64. The number of hydrogen-bond acceptors (Lipinski definition) is 4. The summed E-state index contributed by atoms with van der Waals surface area (Å²) in [6.07, 6.45) is 2.90. The smallest absolute Gasteiger partial charge is 0.178 e. The van der Waals surface area contributed by atoms with Crippen molar-refractivity contribution < 1.29 is 8.42 Å². The molecule has 2 rings (SSSR count). The Morgan fingerprint density at radius 3 is 2.43 bits per heavy atom. The molecule has 0 amide bonds. The van der Waals surface area contributed by atoms with Crippen molar-refractivity contribution in [2.24, 2.45) is 7.05 Å². The summed E-state index contributed by atoms with van der Waals surface area (Å²) in [5, 5.41) is 7.69. The lowest BCUT2D eigenvalue weighted by molar-refractivity contribution is 0.597. The Labute approximate surface area is 125 Å². The zero-order valence-electron chi connectivity index (χ0n) is 12.6. The number of anilines is 1. The summed E-state index contributed by atoms with van der Waals surface area (Å²) in [6.45, 7) is 4.41. The van der Waals surface area contributed by atoms with Gasteiger partial charge in [0.15, 0.2) is 9.84 Å². The highest BCUT2D eigenvalue weighted by atomic mass is 32.2. The normalized spacial score (nSPS) is 11.6. The van der Waals surface area contributed by atoms with Crippen LogP contribution < -0.4 is 5.32 Å². The first-order valence-electron chi connectivity index (χ1n) is 7.04. The van der Waals surface area contributed by atoms with Gasteiger partial charge >= 0.3 is 0 Å². The quantitative estimate of drug-likeness (QED) is 0.890. The van der Waals surface area contributed by atoms with E-state index in [0.717, 1.165) is 23.4 Å². The van der Waals surface area contributed by atoms with Gasteiger partial charge in [0.1, 0.15) is 0 Å². The topological polar surface area (TPSA) is 64.0 Å². The van der Waals surface area contributed by atoms with Gasteiger partial charge < -0.3 is 5.32 Å². The van der Waals surface area contributed by atoms with Crippen LogP contribution in [0.4, 0.5) is 5.69 Å². The molecule has 0 atom stereocenters. The molecule has 0 spiro atoms. The molecule has 0 unspecified atom stereocenters. The number of aryl methyl sites for hydroxylation is 2. The Kier molecular flexibility index (Phi) is 4.67. The molecule has 6 heteroatoms. The minimum absolute atomic E-state index is 0.120. The van der Waals surface area contributed by atoms with E-state index in [1.165, 1.54) is 0 Å². The second-order valence-corrected chi connectivity index (χ2v) is 7.19. The predicted molar refractivity (Wildman–Crippen MR) is 84.1 cm³/mol. The third-order valence-corrected chi connectivity index (χ3v) is 5.15. The highest BCUT2D eigenvalue weighted by Crippen LogP contribution is 2.17. The first kappa shape index (κ1) is 15.6. The van der Waals surface area contributed by atoms with Crippen molar-refractivity contribution in [1.29, 1.82) is 0 Å². The minimum Gasteiger partial charge on any atom is -0.381 e. The van der Waals surface area contributed by atoms with E-state index in [4.69, 9.17) is 0 Å². The Morgan fingerprint density at radius 1 is 1.19 bits per heavy atom. The van der Waals surface area contributed by atoms with Crippen molar-refractivity contribution in [2.45, 2.75) is 31.7 Å². The Balaban J connectivity index is 2.07. The van der Waals surface area contributed by atoms with Crippen molar-refractivity contribution in [1.82, 2.24) is 9.78 Å². The molecule has 1 aromatic heterocycles. The Bertz CT molecular complexity index is 703. The fourth-order valence-corrected chi connectivity index (χ4v) is 3.06. The van der Waals surface area contributed by atoms with Gasteiger partial charge in [-0.05, 0) is 30.7 Å². The van der Waals surface area contributed by atoms with E-state index in [9.17, 15) is 8.42 Å². The Morgan fingerprint density at radius 2 is 1.86 bits per heavy atom. The van der Waals surface area contributed by atoms with E-state index in [2.05, 4.69) is 17.3 Å². The van der Waals surface area contributed by atoms with Crippen LogP contribution in [0.5, 0.6) is 0 Å². The van der Waals surface area contributed by atoms with E-state index >= 15 is 0 Å². The van der Waals surface area contributed by atoms with Gasteiger partial charge in [-0.2, -0.15) is 5.10 Å². The molecular weight excluding hydrogens is 286 g/mol. The molecule has 0 fully saturated rings. The van der Waals surface area contributed by atoms with Crippen molar-refractivity contribution in [3.63, 3.8) is 0 Å². The zero-order valence-corrected chi connectivity index (χ0v) is 13.4. The molecule has 0 aliphatic carbocycles. The summed E-state index contributed by atoms with van der Waals surface area (Å²) < 4.78 is 25.3. The van der Waals surface area contributed by atoms with Crippen LogP contribution >= 0.6 is 0 Å². The molecule has 5 nitrogen and oxygen atoms in total. The number of hydrogen-bond donors (Lipinski definition) is 1. The van der Waals surface area contributed by atoms with Gasteiger partial charge in [-0.3, -0.25) is 4.68 Å². The molecule has 0 radical (unpaired) electrons. The van der Waals surface area contributed by atoms with Gasteiger partial charge in [0.05, 0.1) is 16.3 Å². The predicted octanol–water partition coefficient (Wildman–Crippen LogP) is 2.39. The molecule has 0 saturated carbocycles. The molecule has 1 aromatic carbocycles. The van der Waals surface area contributed by atoms with E-state index in [-0.39, 0.29) is 5.75 Å². The number of nitrogens with zero attached hydrogens (tertiary/aromatic N) is 2. The second-order valence-electron chi connectivity index (χ2n) is 4.91. The summed E-state index contributed by atoms with van der Waals surface area (Å²) >= 11 is 0. The van der Waals surface area contributed by atoms with Crippen molar-refractivity contribution in [3.8, 4) is 0 Å². The highest BCUT2D eigenvalue weighted by molar-refractivity contribution is 7.91. The monoisotopic (exact) mass is 307 g/mol. The van der Waals surface area contributed by atoms with E-state index < -0.39 is 9.84 Å². The average molecular weight is 307 g/mol. The molecule has 0 saturated heterocycles. The zero-order chi connectivity index (χ0) is 15.5. The summed E-state index contributed by atoms with van der Waals surface area (Å²) in [6, 6.07) is 6.88. The summed E-state index contributed by atoms with van der Waals surface area (Å²) in [5.74, 6) is 0.120. The Hall–Kier alpha value is -1.82. The standard InChI is InChI=1S/C15H21N3O2S/c1-4-15-12(11-18(3)17-15)10-16-13-6-8-14(9-7-13)21(19,20)5-2/h6-9,11,16H,4-5,10H2,1-3H3. The van der Waals surface area contributed by atoms with Crippen LogP contribution in [0.2, 0.25) is 0 Å². The van der Waals surface area contributed by atoms with Gasteiger partial charge in [0.25, 0.3) is 0 Å².